The number of para-hydroxylation sites is 1. The van der Waals surface area contributed by atoms with E-state index < -0.39 is 5.82 Å². The molecule has 0 spiro atoms. The summed E-state index contributed by atoms with van der Waals surface area (Å²) in [6, 6.07) is 10.2. The lowest BCUT2D eigenvalue weighted by Gasteiger charge is -2.19. The van der Waals surface area contributed by atoms with Gasteiger partial charge in [0, 0.05) is 10.7 Å². The fraction of sp³-hybridized carbons (Fsp3) is 0.188. The number of benzene rings is 2. The maximum Gasteiger partial charge on any atom is 0.171 e. The van der Waals surface area contributed by atoms with Gasteiger partial charge < -0.3 is 10.6 Å². The Labute approximate surface area is 144 Å². The average molecular weight is 357 g/mol. The Morgan fingerprint density at radius 1 is 1.18 bits per heavy atom. The van der Waals surface area contributed by atoms with E-state index in [-0.39, 0.29) is 11.1 Å². The third-order valence-corrected chi connectivity index (χ3v) is 4.08. The van der Waals surface area contributed by atoms with Crippen LogP contribution < -0.4 is 10.6 Å². The molecule has 2 N–H and O–H groups in total. The van der Waals surface area contributed by atoms with Crippen molar-refractivity contribution in [3.05, 3.63) is 63.4 Å². The van der Waals surface area contributed by atoms with Crippen LogP contribution >= 0.6 is 35.4 Å². The average Bonchev–Trinajstić information content (AvgIpc) is 2.45. The normalized spacial score (nSPS) is 11.9. The second-order valence-electron chi connectivity index (χ2n) is 4.92. The van der Waals surface area contributed by atoms with Gasteiger partial charge in [-0.3, -0.25) is 0 Å². The number of thiocarbonyl (C=S) groups is 1. The molecule has 2 nitrogen and oxygen atoms in total. The molecule has 22 heavy (non-hydrogen) atoms. The molecule has 0 radical (unpaired) electrons. The molecule has 0 amide bonds. The SMILES string of the molecule is Cc1ccccc1NC(=S)N[C@H](C)c1cc(F)c(Cl)cc1Cl. The topological polar surface area (TPSA) is 24.1 Å². The molecule has 2 rings (SSSR count). The van der Waals surface area contributed by atoms with Gasteiger partial charge in [-0.2, -0.15) is 0 Å². The lowest BCUT2D eigenvalue weighted by molar-refractivity contribution is 0.619. The van der Waals surface area contributed by atoms with Crippen molar-refractivity contribution < 1.29 is 4.39 Å². The Balaban J connectivity index is 2.09. The summed E-state index contributed by atoms with van der Waals surface area (Å²) in [6.07, 6.45) is 0. The molecule has 0 aromatic heterocycles. The summed E-state index contributed by atoms with van der Waals surface area (Å²) in [7, 11) is 0. The first-order valence-electron chi connectivity index (χ1n) is 6.66. The van der Waals surface area contributed by atoms with Crippen LogP contribution in [0.3, 0.4) is 0 Å². The van der Waals surface area contributed by atoms with E-state index in [0.29, 0.717) is 15.7 Å². The molecule has 6 heteroatoms. The van der Waals surface area contributed by atoms with E-state index in [9.17, 15) is 4.39 Å². The molecule has 0 aliphatic carbocycles. The van der Waals surface area contributed by atoms with Crippen LogP contribution in [0.2, 0.25) is 10.0 Å². The molecule has 0 aliphatic rings. The largest absolute Gasteiger partial charge is 0.356 e. The highest BCUT2D eigenvalue weighted by Crippen LogP contribution is 2.28. The van der Waals surface area contributed by atoms with Crippen LogP contribution in [-0.4, -0.2) is 5.11 Å². The van der Waals surface area contributed by atoms with Crippen LogP contribution in [0.15, 0.2) is 36.4 Å². The molecule has 0 aliphatic heterocycles. The standard InChI is InChI=1S/C16H15Cl2FN2S/c1-9-5-3-4-6-15(9)21-16(22)20-10(2)11-7-14(19)13(18)8-12(11)17/h3-8,10H,1-2H3,(H2,20,21,22)/t10-/m1/s1. The van der Waals surface area contributed by atoms with Gasteiger partial charge in [-0.05, 0) is 55.4 Å². The second kappa shape index (κ2) is 7.27. The highest BCUT2D eigenvalue weighted by molar-refractivity contribution is 7.80. The third-order valence-electron chi connectivity index (χ3n) is 3.25. The van der Waals surface area contributed by atoms with Crippen LogP contribution in [0.1, 0.15) is 24.1 Å². The zero-order valence-corrected chi connectivity index (χ0v) is 14.4. The first kappa shape index (κ1) is 17.0. The van der Waals surface area contributed by atoms with Crippen molar-refractivity contribution in [3.8, 4) is 0 Å². The van der Waals surface area contributed by atoms with Crippen molar-refractivity contribution in [1.29, 1.82) is 0 Å². The van der Waals surface area contributed by atoms with Crippen LogP contribution in [0.4, 0.5) is 10.1 Å². The Morgan fingerprint density at radius 3 is 2.55 bits per heavy atom. The summed E-state index contributed by atoms with van der Waals surface area (Å²) in [5, 5.41) is 7.03. The lowest BCUT2D eigenvalue weighted by Crippen LogP contribution is -2.31. The number of hydrogen-bond acceptors (Lipinski definition) is 1. The van der Waals surface area contributed by atoms with E-state index in [2.05, 4.69) is 10.6 Å². The van der Waals surface area contributed by atoms with Gasteiger partial charge in [0.2, 0.25) is 0 Å². The fourth-order valence-electron chi connectivity index (χ4n) is 2.02. The molecule has 0 fully saturated rings. The summed E-state index contributed by atoms with van der Waals surface area (Å²) in [5.41, 5.74) is 2.59. The minimum Gasteiger partial charge on any atom is -0.356 e. The number of aryl methyl sites for hydroxylation is 1. The lowest BCUT2D eigenvalue weighted by atomic mass is 10.1. The first-order chi connectivity index (χ1) is 10.4. The second-order valence-corrected chi connectivity index (χ2v) is 6.15. The van der Waals surface area contributed by atoms with Crippen molar-refractivity contribution in [3.63, 3.8) is 0 Å². The van der Waals surface area contributed by atoms with E-state index >= 15 is 0 Å². The van der Waals surface area contributed by atoms with E-state index in [4.69, 9.17) is 35.4 Å². The smallest absolute Gasteiger partial charge is 0.171 e. The number of rotatable bonds is 3. The van der Waals surface area contributed by atoms with Crippen molar-refractivity contribution in [2.24, 2.45) is 0 Å². The van der Waals surface area contributed by atoms with E-state index in [1.165, 1.54) is 12.1 Å². The van der Waals surface area contributed by atoms with Gasteiger partial charge in [0.1, 0.15) is 5.82 Å². The highest BCUT2D eigenvalue weighted by Gasteiger charge is 2.14. The highest BCUT2D eigenvalue weighted by atomic mass is 35.5. The number of nitrogens with one attached hydrogen (secondary N) is 2. The minimum absolute atomic E-state index is 0.00145. The van der Waals surface area contributed by atoms with E-state index in [1.807, 2.05) is 38.1 Å². The molecule has 0 unspecified atom stereocenters. The molecule has 0 saturated heterocycles. The molecule has 0 saturated carbocycles. The van der Waals surface area contributed by atoms with E-state index in [1.54, 1.807) is 0 Å². The summed E-state index contributed by atoms with van der Waals surface area (Å²) in [4.78, 5) is 0. The van der Waals surface area contributed by atoms with Crippen LogP contribution in [0, 0.1) is 12.7 Å². The van der Waals surface area contributed by atoms with E-state index in [0.717, 1.165) is 11.3 Å². The van der Waals surface area contributed by atoms with Gasteiger partial charge in [-0.15, -0.1) is 0 Å². The predicted octanol–water partition coefficient (Wildman–Crippen LogP) is 5.49. The predicted molar refractivity (Wildman–Crippen MR) is 95.4 cm³/mol. The van der Waals surface area contributed by atoms with Crippen molar-refractivity contribution in [1.82, 2.24) is 5.32 Å². The van der Waals surface area contributed by atoms with Crippen LogP contribution in [-0.2, 0) is 0 Å². The summed E-state index contributed by atoms with van der Waals surface area (Å²) >= 11 is 17.1. The molecular formula is C16H15Cl2FN2S. The Morgan fingerprint density at radius 2 is 1.86 bits per heavy atom. The van der Waals surface area contributed by atoms with Gasteiger partial charge in [0.25, 0.3) is 0 Å². The Bertz CT molecular complexity index is 707. The molecule has 116 valence electrons. The quantitative estimate of drug-likeness (QED) is 0.561. The fourth-order valence-corrected chi connectivity index (χ4v) is 2.85. The molecule has 0 bridgehead atoms. The third kappa shape index (κ3) is 4.09. The first-order valence-corrected chi connectivity index (χ1v) is 7.82. The zero-order valence-electron chi connectivity index (χ0n) is 12.1. The molecule has 2 aromatic carbocycles. The minimum atomic E-state index is -0.507. The van der Waals surface area contributed by atoms with Gasteiger partial charge in [0.15, 0.2) is 5.11 Å². The zero-order chi connectivity index (χ0) is 16.3. The number of anilines is 1. The van der Waals surface area contributed by atoms with Gasteiger partial charge in [-0.25, -0.2) is 4.39 Å². The van der Waals surface area contributed by atoms with Crippen molar-refractivity contribution in [2.75, 3.05) is 5.32 Å². The Kier molecular flexibility index (Phi) is 5.62. The van der Waals surface area contributed by atoms with Gasteiger partial charge in [-0.1, -0.05) is 41.4 Å². The number of halogens is 3. The van der Waals surface area contributed by atoms with Crippen LogP contribution in [0.25, 0.3) is 0 Å². The number of hydrogen-bond donors (Lipinski definition) is 2. The van der Waals surface area contributed by atoms with Gasteiger partial charge >= 0.3 is 0 Å². The molecule has 0 heterocycles. The van der Waals surface area contributed by atoms with Gasteiger partial charge in [0.05, 0.1) is 11.1 Å². The molecule has 1 atom stereocenters. The maximum absolute atomic E-state index is 13.6. The van der Waals surface area contributed by atoms with Crippen molar-refractivity contribution in [2.45, 2.75) is 19.9 Å². The van der Waals surface area contributed by atoms with Crippen molar-refractivity contribution >= 4 is 46.2 Å². The monoisotopic (exact) mass is 356 g/mol. The summed E-state index contributed by atoms with van der Waals surface area (Å²) < 4.78 is 13.6. The summed E-state index contributed by atoms with van der Waals surface area (Å²) in [6.45, 7) is 3.83. The maximum atomic E-state index is 13.6. The Hall–Kier alpha value is -1.36. The molecule has 2 aromatic rings. The molecular weight excluding hydrogens is 342 g/mol. The summed E-state index contributed by atoms with van der Waals surface area (Å²) in [5.74, 6) is -0.507. The van der Waals surface area contributed by atoms with Crippen LogP contribution in [0.5, 0.6) is 0 Å².